The second-order valence-electron chi connectivity index (χ2n) is 3.99. The van der Waals surface area contributed by atoms with Gasteiger partial charge in [0.25, 0.3) is 0 Å². The highest BCUT2D eigenvalue weighted by molar-refractivity contribution is 8.00. The number of ether oxygens (including phenoxy) is 2. The number of hydrogen-bond acceptors (Lipinski definition) is 8. The van der Waals surface area contributed by atoms with Gasteiger partial charge in [0.1, 0.15) is 17.6 Å². The topological polar surface area (TPSA) is 123 Å². The van der Waals surface area contributed by atoms with Crippen molar-refractivity contribution in [1.82, 2.24) is 0 Å². The summed E-state index contributed by atoms with van der Waals surface area (Å²) >= 11 is 1.17. The van der Waals surface area contributed by atoms with E-state index in [4.69, 9.17) is 20.0 Å². The number of thioether (sulfide) groups is 1. The Morgan fingerprint density at radius 2 is 1.94 bits per heavy atom. The van der Waals surface area contributed by atoms with Gasteiger partial charge in [-0.2, -0.15) is 0 Å². The first-order valence-electron chi connectivity index (χ1n) is 5.51. The molecule has 1 saturated heterocycles. The minimum Gasteiger partial charge on any atom is -0.484 e. The number of nitrogens with one attached hydrogen (secondary N) is 1. The molecule has 0 aromatic carbocycles. The molecule has 0 saturated carbocycles. The maximum atomic E-state index is 9.83. The molecule has 7 nitrogen and oxygen atoms in total. The zero-order chi connectivity index (χ0) is 13.7. The summed E-state index contributed by atoms with van der Waals surface area (Å²) in [5.41, 5.74) is -0.610. The predicted octanol–water partition coefficient (Wildman–Crippen LogP) is -1.61. The van der Waals surface area contributed by atoms with E-state index in [-0.39, 0.29) is 18.3 Å². The molecule has 0 aromatic rings. The van der Waals surface area contributed by atoms with Crippen molar-refractivity contribution in [3.05, 3.63) is 0 Å². The molecule has 5 N–H and O–H groups in total. The first-order chi connectivity index (χ1) is 8.54. The summed E-state index contributed by atoms with van der Waals surface area (Å²) in [6, 6.07) is 0. The van der Waals surface area contributed by atoms with E-state index in [1.807, 2.05) is 0 Å². The van der Waals surface area contributed by atoms with Crippen molar-refractivity contribution in [3.63, 3.8) is 0 Å². The summed E-state index contributed by atoms with van der Waals surface area (Å²) in [5, 5.41) is 45.1. The van der Waals surface area contributed by atoms with Gasteiger partial charge in [-0.25, -0.2) is 0 Å². The summed E-state index contributed by atoms with van der Waals surface area (Å²) in [7, 11) is 1.38. The van der Waals surface area contributed by atoms with Crippen molar-refractivity contribution in [2.75, 3.05) is 26.1 Å². The normalized spacial score (nSPS) is 36.4. The molecule has 5 atom stereocenters. The van der Waals surface area contributed by atoms with Gasteiger partial charge in [-0.3, -0.25) is 5.41 Å². The predicted molar refractivity (Wildman–Crippen MR) is 65.5 cm³/mol. The molecule has 1 aliphatic heterocycles. The van der Waals surface area contributed by atoms with E-state index in [2.05, 4.69) is 0 Å². The summed E-state index contributed by atoms with van der Waals surface area (Å²) in [6.07, 6.45) is -3.29. The van der Waals surface area contributed by atoms with Crippen molar-refractivity contribution in [2.45, 2.75) is 23.7 Å². The first kappa shape index (κ1) is 15.7. The van der Waals surface area contributed by atoms with Gasteiger partial charge in [-0.15, -0.1) is 11.8 Å². The van der Waals surface area contributed by atoms with Crippen molar-refractivity contribution < 1.29 is 29.9 Å². The van der Waals surface area contributed by atoms with Crippen LogP contribution in [0.2, 0.25) is 0 Å². The molecule has 1 fully saturated rings. The third-order valence-corrected chi connectivity index (χ3v) is 4.06. The smallest absolute Gasteiger partial charge is 0.190 e. The molecule has 0 amide bonds. The number of aliphatic hydroxyl groups excluding tert-OH is 4. The van der Waals surface area contributed by atoms with Crippen molar-refractivity contribution in [1.29, 1.82) is 5.41 Å². The van der Waals surface area contributed by atoms with Gasteiger partial charge < -0.3 is 29.9 Å². The Morgan fingerprint density at radius 3 is 2.44 bits per heavy atom. The number of aliphatic hydroxyl groups is 4. The van der Waals surface area contributed by atoms with Gasteiger partial charge in [0.2, 0.25) is 0 Å². The summed E-state index contributed by atoms with van der Waals surface area (Å²) in [5.74, 6) is -0.405. The van der Waals surface area contributed by atoms with Crippen LogP contribution in [0.25, 0.3) is 0 Å². The van der Waals surface area contributed by atoms with Gasteiger partial charge in [-0.1, -0.05) is 0 Å². The van der Waals surface area contributed by atoms with E-state index in [9.17, 15) is 15.3 Å². The molecule has 1 rings (SSSR count). The number of hydrogen-bond donors (Lipinski definition) is 5. The Kier molecular flexibility index (Phi) is 6.33. The molecule has 0 aliphatic carbocycles. The van der Waals surface area contributed by atoms with E-state index in [0.717, 1.165) is 0 Å². The van der Waals surface area contributed by atoms with E-state index < -0.39 is 36.3 Å². The summed E-state index contributed by atoms with van der Waals surface area (Å²) < 4.78 is 10.1. The average Bonchev–Trinajstić information content (AvgIpc) is 2.39. The van der Waals surface area contributed by atoms with Crippen LogP contribution in [-0.2, 0) is 9.47 Å². The van der Waals surface area contributed by atoms with Gasteiger partial charge in [0, 0.05) is 5.92 Å². The van der Waals surface area contributed by atoms with E-state index >= 15 is 0 Å². The van der Waals surface area contributed by atoms with Crippen molar-refractivity contribution in [2.24, 2.45) is 5.92 Å². The summed E-state index contributed by atoms with van der Waals surface area (Å²) in [6.45, 7) is -0.774. The maximum Gasteiger partial charge on any atom is 0.190 e. The standard InChI is InChI=1S/C10H19NO6S/c1-16-7(11)4-18-10-5(2-12)8(14)9(15)6(3-13)17-10/h5-6,8-15H,2-4H2,1H3/t5?,6-,8-,9+,10+/m1/s1. The van der Waals surface area contributed by atoms with Gasteiger partial charge in [-0.05, 0) is 0 Å². The molecular formula is C10H19NO6S. The molecule has 106 valence electrons. The molecule has 0 aromatic heterocycles. The van der Waals surface area contributed by atoms with Gasteiger partial charge in [0.15, 0.2) is 5.90 Å². The second-order valence-corrected chi connectivity index (χ2v) is 5.08. The molecule has 1 heterocycles. The monoisotopic (exact) mass is 281 g/mol. The van der Waals surface area contributed by atoms with Crippen LogP contribution in [0.4, 0.5) is 0 Å². The fourth-order valence-electron chi connectivity index (χ4n) is 1.71. The Morgan fingerprint density at radius 1 is 1.28 bits per heavy atom. The Labute approximate surface area is 109 Å². The zero-order valence-corrected chi connectivity index (χ0v) is 10.8. The third-order valence-electron chi connectivity index (χ3n) is 2.84. The SMILES string of the molecule is COC(=N)CS[C@@H]1O[C@H](CO)[C@H](O)[C@H](O)C1CO. The number of rotatable bonds is 5. The number of methoxy groups -OCH3 is 1. The quantitative estimate of drug-likeness (QED) is 0.303. The lowest BCUT2D eigenvalue weighted by Gasteiger charge is -2.41. The minimum atomic E-state index is -1.23. The highest BCUT2D eigenvalue weighted by Gasteiger charge is 2.44. The van der Waals surface area contributed by atoms with E-state index in [1.165, 1.54) is 18.9 Å². The Bertz CT molecular complexity index is 279. The highest BCUT2D eigenvalue weighted by atomic mass is 32.2. The fraction of sp³-hybridized carbons (Fsp3) is 0.900. The van der Waals surface area contributed by atoms with Crippen LogP contribution >= 0.6 is 11.8 Å². The molecule has 0 bridgehead atoms. The second kappa shape index (κ2) is 7.27. The average molecular weight is 281 g/mol. The third kappa shape index (κ3) is 3.56. The van der Waals surface area contributed by atoms with Crippen molar-refractivity contribution >= 4 is 17.7 Å². The molecule has 18 heavy (non-hydrogen) atoms. The lowest BCUT2D eigenvalue weighted by atomic mass is 9.93. The Hall–Kier alpha value is -0.380. The lowest BCUT2D eigenvalue weighted by molar-refractivity contribution is -0.191. The van der Waals surface area contributed by atoms with E-state index in [0.29, 0.717) is 0 Å². The summed E-state index contributed by atoms with van der Waals surface area (Å²) in [4.78, 5) is 0. The van der Waals surface area contributed by atoms with Gasteiger partial charge in [0.05, 0.1) is 32.2 Å². The Balaban J connectivity index is 2.65. The lowest BCUT2D eigenvalue weighted by Crippen LogP contribution is -2.55. The van der Waals surface area contributed by atoms with Crippen LogP contribution in [0, 0.1) is 11.3 Å². The minimum absolute atomic E-state index is 0.0430. The van der Waals surface area contributed by atoms with Crippen LogP contribution < -0.4 is 0 Å². The van der Waals surface area contributed by atoms with Crippen LogP contribution in [0.15, 0.2) is 0 Å². The largest absolute Gasteiger partial charge is 0.484 e. The van der Waals surface area contributed by atoms with E-state index in [1.54, 1.807) is 0 Å². The van der Waals surface area contributed by atoms with Crippen molar-refractivity contribution in [3.8, 4) is 0 Å². The van der Waals surface area contributed by atoms with Gasteiger partial charge >= 0.3 is 0 Å². The molecule has 1 aliphatic rings. The molecule has 8 heteroatoms. The van der Waals surface area contributed by atoms with Crippen LogP contribution in [0.1, 0.15) is 0 Å². The highest BCUT2D eigenvalue weighted by Crippen LogP contribution is 2.32. The molecular weight excluding hydrogens is 262 g/mol. The van der Waals surface area contributed by atoms with Crippen LogP contribution in [-0.4, -0.2) is 76.1 Å². The molecule has 0 radical (unpaired) electrons. The first-order valence-corrected chi connectivity index (χ1v) is 6.56. The fourth-order valence-corrected chi connectivity index (χ4v) is 2.86. The molecule has 0 spiro atoms. The van der Waals surface area contributed by atoms with Crippen LogP contribution in [0.5, 0.6) is 0 Å². The molecule has 1 unspecified atom stereocenters. The maximum absolute atomic E-state index is 9.83. The van der Waals surface area contributed by atoms with Crippen LogP contribution in [0.3, 0.4) is 0 Å². The zero-order valence-electron chi connectivity index (χ0n) is 10.0.